The van der Waals surface area contributed by atoms with Gasteiger partial charge in [-0.25, -0.2) is 9.78 Å². The number of carbonyl (C=O) groups excluding carboxylic acids is 2. The van der Waals surface area contributed by atoms with Crippen LogP contribution in [-0.4, -0.2) is 28.4 Å². The molecule has 2 heterocycles. The predicted molar refractivity (Wildman–Crippen MR) is 109 cm³/mol. The van der Waals surface area contributed by atoms with E-state index < -0.39 is 4.92 Å². The fourth-order valence-corrected chi connectivity index (χ4v) is 4.58. The fourth-order valence-electron chi connectivity index (χ4n) is 2.36. The number of fused-ring (bicyclic) bond motifs is 1. The second-order valence-electron chi connectivity index (χ2n) is 5.60. The first kappa shape index (κ1) is 19.6. The van der Waals surface area contributed by atoms with Crippen LogP contribution in [-0.2, 0) is 9.53 Å². The molecule has 0 aliphatic rings. The Morgan fingerprint density at radius 2 is 2.00 bits per heavy atom. The molecule has 2 aromatic heterocycles. The molecule has 10 heteroatoms. The summed E-state index contributed by atoms with van der Waals surface area (Å²) in [6, 6.07) is 5.86. The van der Waals surface area contributed by atoms with Crippen LogP contribution in [0.3, 0.4) is 0 Å². The van der Waals surface area contributed by atoms with Crippen molar-refractivity contribution in [3.8, 4) is 0 Å². The van der Waals surface area contributed by atoms with Crippen molar-refractivity contribution in [3.05, 3.63) is 56.5 Å². The molecule has 0 saturated heterocycles. The molecule has 0 aliphatic carbocycles. The number of rotatable bonds is 6. The van der Waals surface area contributed by atoms with Crippen LogP contribution in [0.1, 0.15) is 27.7 Å². The highest BCUT2D eigenvalue weighted by atomic mass is 32.1. The minimum absolute atomic E-state index is 0.0120. The van der Waals surface area contributed by atoms with Gasteiger partial charge in [0.05, 0.1) is 16.2 Å². The number of non-ortho nitro benzene ring substituents is 1. The minimum atomic E-state index is -0.482. The van der Waals surface area contributed by atoms with Gasteiger partial charge in [0, 0.05) is 18.2 Å². The molecule has 28 heavy (non-hydrogen) atoms. The Morgan fingerprint density at radius 3 is 2.61 bits per heavy atom. The third-order valence-electron chi connectivity index (χ3n) is 3.70. The lowest BCUT2D eigenvalue weighted by atomic mass is 10.2. The number of esters is 1. The number of hydrogen-bond donors (Lipinski definition) is 1. The maximum absolute atomic E-state index is 12.1. The summed E-state index contributed by atoms with van der Waals surface area (Å²) in [4.78, 5) is 39.7. The third-order valence-corrected chi connectivity index (χ3v) is 6.08. The molecule has 0 bridgehead atoms. The second-order valence-corrected chi connectivity index (χ2v) is 7.60. The van der Waals surface area contributed by atoms with Crippen LogP contribution in [0.4, 0.5) is 10.8 Å². The van der Waals surface area contributed by atoms with Gasteiger partial charge in [0.25, 0.3) is 5.69 Å². The number of thiophene rings is 1. The first-order valence-electron chi connectivity index (χ1n) is 8.19. The zero-order valence-electron chi connectivity index (χ0n) is 14.9. The molecule has 0 fully saturated rings. The SMILES string of the molecule is CCOC(=O)c1sc2nc(NC(=O)/C=C/c3ccc([N+](=O)[O-])cc3)sc2c1C. The zero-order chi connectivity index (χ0) is 20.3. The van der Waals surface area contributed by atoms with Crippen LogP contribution < -0.4 is 5.32 Å². The highest BCUT2D eigenvalue weighted by Crippen LogP contribution is 2.37. The summed E-state index contributed by atoms with van der Waals surface area (Å²) in [7, 11) is 0. The van der Waals surface area contributed by atoms with Crippen molar-refractivity contribution in [2.24, 2.45) is 0 Å². The van der Waals surface area contributed by atoms with Crippen LogP contribution in [0, 0.1) is 17.0 Å². The number of aryl methyl sites for hydroxylation is 1. The fraction of sp³-hybridized carbons (Fsp3) is 0.167. The highest BCUT2D eigenvalue weighted by Gasteiger charge is 2.20. The topological polar surface area (TPSA) is 111 Å². The first-order chi connectivity index (χ1) is 13.4. The predicted octanol–water partition coefficient (Wildman–Crippen LogP) is 4.40. The normalized spacial score (nSPS) is 11.1. The second kappa shape index (κ2) is 8.28. The van der Waals surface area contributed by atoms with Gasteiger partial charge in [-0.1, -0.05) is 11.3 Å². The number of anilines is 1. The standard InChI is InChI=1S/C18H15N3O5S2/c1-3-26-17(23)15-10(2)14-16(27-15)20-18(28-14)19-13(22)9-6-11-4-7-12(8-5-11)21(24)25/h4-9H,3H2,1-2H3,(H,19,20,22)/b9-6+. The van der Waals surface area contributed by atoms with Crippen molar-refractivity contribution >= 4 is 61.0 Å². The van der Waals surface area contributed by atoms with Crippen molar-refractivity contribution in [3.63, 3.8) is 0 Å². The molecular weight excluding hydrogens is 402 g/mol. The lowest BCUT2D eigenvalue weighted by Crippen LogP contribution is -2.07. The number of thiazole rings is 1. The Balaban J connectivity index is 1.69. The number of nitro benzene ring substituents is 1. The van der Waals surface area contributed by atoms with E-state index in [1.165, 1.54) is 40.9 Å². The number of nitro groups is 1. The van der Waals surface area contributed by atoms with E-state index in [1.807, 2.05) is 6.92 Å². The molecule has 0 aliphatic heterocycles. The lowest BCUT2D eigenvalue weighted by Gasteiger charge is -1.99. The van der Waals surface area contributed by atoms with Crippen LogP contribution in [0.2, 0.25) is 0 Å². The first-order valence-corrected chi connectivity index (χ1v) is 9.83. The number of hydrogen-bond acceptors (Lipinski definition) is 8. The van der Waals surface area contributed by atoms with Crippen LogP contribution in [0.5, 0.6) is 0 Å². The van der Waals surface area contributed by atoms with Gasteiger partial charge in [-0.3, -0.25) is 20.2 Å². The quantitative estimate of drug-likeness (QED) is 0.275. The number of nitrogens with zero attached hydrogens (tertiary/aromatic N) is 2. The third kappa shape index (κ3) is 4.24. The zero-order valence-corrected chi connectivity index (χ0v) is 16.6. The van der Waals surface area contributed by atoms with Gasteiger partial charge >= 0.3 is 5.97 Å². The Bertz CT molecular complexity index is 1080. The summed E-state index contributed by atoms with van der Waals surface area (Å²) in [5.74, 6) is -0.741. The summed E-state index contributed by atoms with van der Waals surface area (Å²) < 4.78 is 5.86. The Kier molecular flexibility index (Phi) is 5.81. The molecule has 1 N–H and O–H groups in total. The van der Waals surface area contributed by atoms with Gasteiger partial charge < -0.3 is 4.74 Å². The number of amides is 1. The van der Waals surface area contributed by atoms with Crippen molar-refractivity contribution in [1.29, 1.82) is 0 Å². The Labute approximate surface area is 167 Å². The number of nitrogens with one attached hydrogen (secondary N) is 1. The van der Waals surface area contributed by atoms with E-state index >= 15 is 0 Å². The summed E-state index contributed by atoms with van der Waals surface area (Å²) in [6.07, 6.45) is 2.88. The van der Waals surface area contributed by atoms with Crippen molar-refractivity contribution in [1.82, 2.24) is 4.98 Å². The smallest absolute Gasteiger partial charge is 0.348 e. The maximum atomic E-state index is 12.1. The summed E-state index contributed by atoms with van der Waals surface area (Å²) in [6.45, 7) is 3.88. The van der Waals surface area contributed by atoms with Crippen LogP contribution in [0.15, 0.2) is 30.3 Å². The molecule has 0 unspecified atom stereocenters. The minimum Gasteiger partial charge on any atom is -0.462 e. The highest BCUT2D eigenvalue weighted by molar-refractivity contribution is 7.30. The van der Waals surface area contributed by atoms with Crippen molar-refractivity contribution in [2.45, 2.75) is 13.8 Å². The van der Waals surface area contributed by atoms with Gasteiger partial charge in [-0.05, 0) is 43.2 Å². The van der Waals surface area contributed by atoms with Gasteiger partial charge in [-0.2, -0.15) is 0 Å². The molecule has 3 rings (SSSR count). The molecular formula is C18H15N3O5S2. The van der Waals surface area contributed by atoms with Crippen molar-refractivity contribution in [2.75, 3.05) is 11.9 Å². The maximum Gasteiger partial charge on any atom is 0.348 e. The number of aromatic nitrogens is 1. The number of carbonyl (C=O) groups is 2. The molecule has 0 radical (unpaired) electrons. The van der Waals surface area contributed by atoms with E-state index in [4.69, 9.17) is 4.74 Å². The van der Waals surface area contributed by atoms with E-state index in [-0.39, 0.29) is 17.6 Å². The van der Waals surface area contributed by atoms with Crippen molar-refractivity contribution < 1.29 is 19.2 Å². The van der Waals surface area contributed by atoms with Crippen LogP contribution in [0.25, 0.3) is 15.6 Å². The molecule has 144 valence electrons. The summed E-state index contributed by atoms with van der Waals surface area (Å²) in [5.41, 5.74) is 1.44. The molecule has 0 saturated carbocycles. The van der Waals surface area contributed by atoms with Gasteiger partial charge in [0.15, 0.2) is 5.13 Å². The molecule has 8 nitrogen and oxygen atoms in total. The van der Waals surface area contributed by atoms with E-state index in [0.29, 0.717) is 27.0 Å². The molecule has 3 aromatic rings. The van der Waals surface area contributed by atoms with E-state index in [2.05, 4.69) is 10.3 Å². The van der Waals surface area contributed by atoms with Crippen LogP contribution >= 0.6 is 22.7 Å². The van der Waals surface area contributed by atoms with Gasteiger partial charge in [-0.15, -0.1) is 11.3 Å². The molecule has 1 amide bonds. The monoisotopic (exact) mass is 417 g/mol. The number of benzene rings is 1. The molecule has 0 spiro atoms. The van der Waals surface area contributed by atoms with E-state index in [1.54, 1.807) is 25.1 Å². The summed E-state index contributed by atoms with van der Waals surface area (Å²) in [5, 5.41) is 13.8. The largest absolute Gasteiger partial charge is 0.462 e. The van der Waals surface area contributed by atoms with E-state index in [9.17, 15) is 19.7 Å². The van der Waals surface area contributed by atoms with E-state index in [0.717, 1.165) is 10.3 Å². The average Bonchev–Trinajstić information content (AvgIpc) is 3.19. The Morgan fingerprint density at radius 1 is 1.29 bits per heavy atom. The Hall–Kier alpha value is -3.11. The number of ether oxygens (including phenoxy) is 1. The summed E-state index contributed by atoms with van der Waals surface area (Å²) >= 11 is 2.52. The average molecular weight is 417 g/mol. The lowest BCUT2D eigenvalue weighted by molar-refractivity contribution is -0.384. The molecule has 0 atom stereocenters. The molecule has 1 aromatic carbocycles. The van der Waals surface area contributed by atoms with Gasteiger partial charge in [0.1, 0.15) is 9.71 Å². The van der Waals surface area contributed by atoms with Gasteiger partial charge in [0.2, 0.25) is 5.91 Å².